The van der Waals surface area contributed by atoms with E-state index in [1.54, 1.807) is 20.4 Å². The van der Waals surface area contributed by atoms with E-state index in [-0.39, 0.29) is 12.1 Å². The van der Waals surface area contributed by atoms with Gasteiger partial charge in [0, 0.05) is 19.2 Å². The molecule has 7 nitrogen and oxygen atoms in total. The van der Waals surface area contributed by atoms with Crippen molar-refractivity contribution < 1.29 is 14.3 Å². The average molecular weight is 372 g/mol. The van der Waals surface area contributed by atoms with Gasteiger partial charge in [-0.05, 0) is 43.0 Å². The zero-order chi connectivity index (χ0) is 19.4. The van der Waals surface area contributed by atoms with Crippen molar-refractivity contribution in [1.82, 2.24) is 14.7 Å². The number of benzene rings is 1. The lowest BCUT2D eigenvalue weighted by Crippen LogP contribution is -2.39. The molecule has 2 heterocycles. The van der Waals surface area contributed by atoms with E-state index in [0.717, 1.165) is 36.4 Å². The van der Waals surface area contributed by atoms with Crippen LogP contribution in [0, 0.1) is 0 Å². The van der Waals surface area contributed by atoms with Crippen LogP contribution in [0.25, 0.3) is 0 Å². The Bertz CT molecular complexity index is 803. The molecule has 27 heavy (non-hydrogen) atoms. The Labute approximate surface area is 160 Å². The van der Waals surface area contributed by atoms with Gasteiger partial charge in [-0.15, -0.1) is 0 Å². The van der Waals surface area contributed by atoms with E-state index in [2.05, 4.69) is 24.3 Å². The number of hydrogen-bond acceptors (Lipinski definition) is 4. The highest BCUT2D eigenvalue weighted by Crippen LogP contribution is 2.33. The molecule has 1 aliphatic heterocycles. The molecule has 0 aliphatic carbocycles. The molecule has 7 heteroatoms. The number of nitrogens with zero attached hydrogens (tertiary/aromatic N) is 3. The van der Waals surface area contributed by atoms with Crippen LogP contribution < -0.4 is 14.8 Å². The highest BCUT2D eigenvalue weighted by molar-refractivity contribution is 5.88. The Kier molecular flexibility index (Phi) is 5.88. The molecule has 0 saturated carbocycles. The minimum absolute atomic E-state index is 0.110. The highest BCUT2D eigenvalue weighted by atomic mass is 16.5. The monoisotopic (exact) mass is 372 g/mol. The first-order chi connectivity index (χ1) is 13.1. The quantitative estimate of drug-likeness (QED) is 0.836. The SMILES string of the molecule is CCCC(C)n1nccc1NC(=O)N1CCc2cc(OC)c(OC)cc2C1. The summed E-state index contributed by atoms with van der Waals surface area (Å²) in [5, 5.41) is 7.38. The topological polar surface area (TPSA) is 68.6 Å². The van der Waals surface area contributed by atoms with Gasteiger partial charge in [0.15, 0.2) is 11.5 Å². The number of nitrogens with one attached hydrogen (secondary N) is 1. The van der Waals surface area contributed by atoms with E-state index in [1.165, 1.54) is 5.56 Å². The second-order valence-corrected chi connectivity index (χ2v) is 6.88. The summed E-state index contributed by atoms with van der Waals surface area (Å²) >= 11 is 0. The van der Waals surface area contributed by atoms with Gasteiger partial charge in [-0.3, -0.25) is 5.32 Å². The van der Waals surface area contributed by atoms with Crippen LogP contribution in [-0.2, 0) is 13.0 Å². The van der Waals surface area contributed by atoms with Crippen molar-refractivity contribution in [3.8, 4) is 11.5 Å². The van der Waals surface area contributed by atoms with Gasteiger partial charge in [-0.2, -0.15) is 5.10 Å². The van der Waals surface area contributed by atoms with Crippen molar-refractivity contribution in [3.63, 3.8) is 0 Å². The minimum Gasteiger partial charge on any atom is -0.493 e. The number of hydrogen-bond donors (Lipinski definition) is 1. The number of carbonyl (C=O) groups is 1. The van der Waals surface area contributed by atoms with Crippen molar-refractivity contribution in [2.45, 2.75) is 45.7 Å². The van der Waals surface area contributed by atoms with E-state index in [0.29, 0.717) is 18.8 Å². The number of carbonyl (C=O) groups excluding carboxylic acids is 1. The molecule has 0 radical (unpaired) electrons. The lowest BCUT2D eigenvalue weighted by Gasteiger charge is -2.30. The smallest absolute Gasteiger partial charge is 0.323 e. The molecule has 146 valence electrons. The van der Waals surface area contributed by atoms with Crippen molar-refractivity contribution >= 4 is 11.8 Å². The zero-order valence-corrected chi connectivity index (χ0v) is 16.5. The summed E-state index contributed by atoms with van der Waals surface area (Å²) in [6, 6.07) is 5.95. The maximum Gasteiger partial charge on any atom is 0.323 e. The van der Waals surface area contributed by atoms with E-state index < -0.39 is 0 Å². The first-order valence-electron chi connectivity index (χ1n) is 9.40. The van der Waals surface area contributed by atoms with Crippen LogP contribution in [0.15, 0.2) is 24.4 Å². The Hall–Kier alpha value is -2.70. The number of aromatic nitrogens is 2. The molecule has 0 fully saturated rings. The zero-order valence-electron chi connectivity index (χ0n) is 16.5. The maximum absolute atomic E-state index is 12.8. The van der Waals surface area contributed by atoms with Crippen LogP contribution >= 0.6 is 0 Å². The fourth-order valence-electron chi connectivity index (χ4n) is 3.55. The third-order valence-corrected chi connectivity index (χ3v) is 5.03. The van der Waals surface area contributed by atoms with Gasteiger partial charge in [-0.1, -0.05) is 13.3 Å². The van der Waals surface area contributed by atoms with Crippen molar-refractivity contribution in [2.24, 2.45) is 0 Å². The number of rotatable bonds is 6. The summed E-state index contributed by atoms with van der Waals surface area (Å²) in [5.74, 6) is 2.15. The van der Waals surface area contributed by atoms with Crippen LogP contribution in [0.1, 0.15) is 43.9 Å². The van der Waals surface area contributed by atoms with Crippen LogP contribution in [-0.4, -0.2) is 41.5 Å². The molecule has 1 aromatic heterocycles. The van der Waals surface area contributed by atoms with Crippen molar-refractivity contribution in [1.29, 1.82) is 0 Å². The molecule has 1 atom stereocenters. The highest BCUT2D eigenvalue weighted by Gasteiger charge is 2.24. The summed E-state index contributed by atoms with van der Waals surface area (Å²) in [4.78, 5) is 14.6. The van der Waals surface area contributed by atoms with Crippen LogP contribution in [0.2, 0.25) is 0 Å². The summed E-state index contributed by atoms with van der Waals surface area (Å²) in [7, 11) is 3.26. The Morgan fingerprint density at radius 1 is 1.26 bits per heavy atom. The molecule has 1 aliphatic rings. The second kappa shape index (κ2) is 8.33. The number of anilines is 1. The molecular weight excluding hydrogens is 344 g/mol. The largest absolute Gasteiger partial charge is 0.493 e. The number of amides is 2. The number of urea groups is 1. The fourth-order valence-corrected chi connectivity index (χ4v) is 3.55. The van der Waals surface area contributed by atoms with E-state index in [9.17, 15) is 4.79 Å². The van der Waals surface area contributed by atoms with Crippen LogP contribution in [0.5, 0.6) is 11.5 Å². The van der Waals surface area contributed by atoms with E-state index in [1.807, 2.05) is 27.8 Å². The molecule has 0 spiro atoms. The van der Waals surface area contributed by atoms with Gasteiger partial charge in [-0.25, -0.2) is 9.48 Å². The molecule has 1 unspecified atom stereocenters. The first-order valence-corrected chi connectivity index (χ1v) is 9.40. The third kappa shape index (κ3) is 4.02. The fraction of sp³-hybridized carbons (Fsp3) is 0.500. The van der Waals surface area contributed by atoms with E-state index in [4.69, 9.17) is 9.47 Å². The van der Waals surface area contributed by atoms with Gasteiger partial charge in [0.2, 0.25) is 0 Å². The van der Waals surface area contributed by atoms with Gasteiger partial charge < -0.3 is 14.4 Å². The normalized spacial score (nSPS) is 14.4. The van der Waals surface area contributed by atoms with Gasteiger partial charge in [0.1, 0.15) is 5.82 Å². The number of fused-ring (bicyclic) bond motifs is 1. The molecule has 1 N–H and O–H groups in total. The minimum atomic E-state index is -0.110. The van der Waals surface area contributed by atoms with Gasteiger partial charge in [0.25, 0.3) is 0 Å². The Morgan fingerprint density at radius 3 is 2.63 bits per heavy atom. The second-order valence-electron chi connectivity index (χ2n) is 6.88. The molecule has 1 aromatic carbocycles. The molecule has 0 saturated heterocycles. The van der Waals surface area contributed by atoms with E-state index >= 15 is 0 Å². The van der Waals surface area contributed by atoms with Crippen molar-refractivity contribution in [3.05, 3.63) is 35.5 Å². The molecule has 3 rings (SSSR count). The predicted molar refractivity (Wildman–Crippen MR) is 105 cm³/mol. The summed E-state index contributed by atoms with van der Waals surface area (Å²) in [6.07, 6.45) is 4.60. The lowest BCUT2D eigenvalue weighted by molar-refractivity contribution is 0.206. The standard InChI is InChI=1S/C20H28N4O3/c1-5-6-14(2)24-19(7-9-21-24)22-20(25)23-10-8-15-11-17(26-3)18(27-4)12-16(15)13-23/h7,9,11-12,14H,5-6,8,10,13H2,1-4H3,(H,22,25). The Morgan fingerprint density at radius 2 is 1.96 bits per heavy atom. The summed E-state index contributed by atoms with van der Waals surface area (Å²) < 4.78 is 12.6. The van der Waals surface area contributed by atoms with Gasteiger partial charge in [0.05, 0.1) is 26.5 Å². The van der Waals surface area contributed by atoms with Crippen LogP contribution in [0.4, 0.5) is 10.6 Å². The number of ether oxygens (including phenoxy) is 2. The average Bonchev–Trinajstić information content (AvgIpc) is 3.14. The maximum atomic E-state index is 12.8. The third-order valence-electron chi connectivity index (χ3n) is 5.03. The number of methoxy groups -OCH3 is 2. The van der Waals surface area contributed by atoms with Crippen LogP contribution in [0.3, 0.4) is 0 Å². The molecule has 0 bridgehead atoms. The lowest BCUT2D eigenvalue weighted by atomic mass is 9.99. The Balaban J connectivity index is 1.72. The van der Waals surface area contributed by atoms with Crippen molar-refractivity contribution in [2.75, 3.05) is 26.1 Å². The first kappa shape index (κ1) is 19.1. The summed E-state index contributed by atoms with van der Waals surface area (Å²) in [6.45, 7) is 5.46. The molecular formula is C20H28N4O3. The predicted octanol–water partition coefficient (Wildman–Crippen LogP) is 3.85. The van der Waals surface area contributed by atoms with Gasteiger partial charge >= 0.3 is 6.03 Å². The molecule has 2 amide bonds. The molecule has 2 aromatic rings. The summed E-state index contributed by atoms with van der Waals surface area (Å²) in [5.41, 5.74) is 2.28.